The predicted molar refractivity (Wildman–Crippen MR) is 78.2 cm³/mol. The molecule has 0 spiro atoms. The third kappa shape index (κ3) is 3.25. The van der Waals surface area contributed by atoms with Crippen molar-refractivity contribution in [2.75, 3.05) is 0 Å². The highest BCUT2D eigenvalue weighted by molar-refractivity contribution is 5.54. The standard InChI is InChI=1S/C16H21N3O/c1-12-7-9-13(10-8-12)16-18-15(20-19-16)11-17-14-5-3-2-4-6-14/h7-10,14,17H,2-6,11H2,1H3. The Kier molecular flexibility index (Phi) is 4.11. The molecule has 1 aliphatic carbocycles. The van der Waals surface area contributed by atoms with E-state index in [1.807, 2.05) is 12.1 Å². The lowest BCUT2D eigenvalue weighted by molar-refractivity contribution is 0.327. The van der Waals surface area contributed by atoms with E-state index in [2.05, 4.69) is 34.5 Å². The minimum Gasteiger partial charge on any atom is -0.338 e. The summed E-state index contributed by atoms with van der Waals surface area (Å²) in [6.45, 7) is 2.74. The molecule has 1 aromatic carbocycles. The van der Waals surface area contributed by atoms with Crippen molar-refractivity contribution in [3.8, 4) is 11.4 Å². The molecule has 1 aromatic heterocycles. The summed E-state index contributed by atoms with van der Waals surface area (Å²) < 4.78 is 5.32. The lowest BCUT2D eigenvalue weighted by Crippen LogP contribution is -2.30. The largest absolute Gasteiger partial charge is 0.338 e. The van der Waals surface area contributed by atoms with Crippen molar-refractivity contribution in [2.24, 2.45) is 0 Å². The van der Waals surface area contributed by atoms with E-state index in [4.69, 9.17) is 4.52 Å². The molecule has 20 heavy (non-hydrogen) atoms. The SMILES string of the molecule is Cc1ccc(-c2noc(CNC3CCCCC3)n2)cc1. The molecule has 1 N–H and O–H groups in total. The molecule has 2 aromatic rings. The number of nitrogens with one attached hydrogen (secondary N) is 1. The summed E-state index contributed by atoms with van der Waals surface area (Å²) in [4.78, 5) is 4.45. The van der Waals surface area contributed by atoms with Crippen molar-refractivity contribution in [1.82, 2.24) is 15.5 Å². The van der Waals surface area contributed by atoms with Crippen LogP contribution in [0.4, 0.5) is 0 Å². The van der Waals surface area contributed by atoms with Gasteiger partial charge in [0.1, 0.15) is 0 Å². The summed E-state index contributed by atoms with van der Waals surface area (Å²) in [6, 6.07) is 8.78. The number of rotatable bonds is 4. The second kappa shape index (κ2) is 6.18. The van der Waals surface area contributed by atoms with E-state index in [0.29, 0.717) is 24.3 Å². The maximum Gasteiger partial charge on any atom is 0.240 e. The summed E-state index contributed by atoms with van der Waals surface area (Å²) in [5.74, 6) is 1.34. The predicted octanol–water partition coefficient (Wildman–Crippen LogP) is 3.47. The van der Waals surface area contributed by atoms with Gasteiger partial charge >= 0.3 is 0 Å². The first kappa shape index (κ1) is 13.3. The molecule has 4 heteroatoms. The Balaban J connectivity index is 1.60. The Morgan fingerprint density at radius 2 is 1.90 bits per heavy atom. The number of hydrogen-bond acceptors (Lipinski definition) is 4. The summed E-state index contributed by atoms with van der Waals surface area (Å²) in [7, 11) is 0. The second-order valence-electron chi connectivity index (χ2n) is 5.59. The van der Waals surface area contributed by atoms with Gasteiger partial charge in [0.05, 0.1) is 6.54 Å². The average molecular weight is 271 g/mol. The van der Waals surface area contributed by atoms with Gasteiger partial charge in [-0.1, -0.05) is 54.2 Å². The van der Waals surface area contributed by atoms with E-state index in [0.717, 1.165) is 5.56 Å². The molecule has 0 saturated heterocycles. The van der Waals surface area contributed by atoms with Gasteiger partial charge < -0.3 is 9.84 Å². The zero-order valence-electron chi connectivity index (χ0n) is 11.9. The molecule has 0 atom stereocenters. The molecule has 1 aliphatic rings. The number of benzene rings is 1. The van der Waals surface area contributed by atoms with E-state index in [-0.39, 0.29) is 0 Å². The van der Waals surface area contributed by atoms with Crippen LogP contribution in [0.5, 0.6) is 0 Å². The van der Waals surface area contributed by atoms with Gasteiger partial charge in [-0.25, -0.2) is 0 Å². The molecule has 0 radical (unpaired) electrons. The smallest absolute Gasteiger partial charge is 0.240 e. The van der Waals surface area contributed by atoms with E-state index < -0.39 is 0 Å². The Morgan fingerprint density at radius 3 is 2.65 bits per heavy atom. The number of aromatic nitrogens is 2. The molecule has 1 saturated carbocycles. The van der Waals surface area contributed by atoms with Gasteiger partial charge in [-0.2, -0.15) is 4.98 Å². The third-order valence-corrected chi connectivity index (χ3v) is 3.92. The van der Waals surface area contributed by atoms with Crippen LogP contribution in [0.15, 0.2) is 28.8 Å². The first-order valence-electron chi connectivity index (χ1n) is 7.44. The molecule has 0 aliphatic heterocycles. The van der Waals surface area contributed by atoms with Crippen molar-refractivity contribution in [2.45, 2.75) is 51.6 Å². The van der Waals surface area contributed by atoms with Crippen molar-refractivity contribution in [1.29, 1.82) is 0 Å². The van der Waals surface area contributed by atoms with E-state index in [1.165, 1.54) is 37.7 Å². The average Bonchev–Trinajstić information content (AvgIpc) is 2.96. The molecule has 1 fully saturated rings. The molecule has 3 rings (SSSR count). The lowest BCUT2D eigenvalue weighted by atomic mass is 9.95. The van der Waals surface area contributed by atoms with Crippen LogP contribution in [-0.2, 0) is 6.54 Å². The third-order valence-electron chi connectivity index (χ3n) is 3.92. The fraction of sp³-hybridized carbons (Fsp3) is 0.500. The lowest BCUT2D eigenvalue weighted by Gasteiger charge is -2.21. The van der Waals surface area contributed by atoms with Crippen LogP contribution in [0.1, 0.15) is 43.6 Å². The minimum atomic E-state index is 0.610. The van der Waals surface area contributed by atoms with Crippen molar-refractivity contribution >= 4 is 0 Å². The molecular formula is C16H21N3O. The highest BCUT2D eigenvalue weighted by Gasteiger charge is 2.14. The first-order chi connectivity index (χ1) is 9.81. The Labute approximate surface area is 119 Å². The Morgan fingerprint density at radius 1 is 1.15 bits per heavy atom. The zero-order chi connectivity index (χ0) is 13.8. The summed E-state index contributed by atoms with van der Waals surface area (Å²) in [6.07, 6.45) is 6.56. The minimum absolute atomic E-state index is 0.610. The summed E-state index contributed by atoms with van der Waals surface area (Å²) in [5, 5.41) is 7.57. The molecular weight excluding hydrogens is 250 g/mol. The zero-order valence-corrected chi connectivity index (χ0v) is 11.9. The molecule has 0 unspecified atom stereocenters. The van der Waals surface area contributed by atoms with Crippen molar-refractivity contribution < 1.29 is 4.52 Å². The highest BCUT2D eigenvalue weighted by atomic mass is 16.5. The van der Waals surface area contributed by atoms with Gasteiger partial charge in [0, 0.05) is 11.6 Å². The van der Waals surface area contributed by atoms with E-state index >= 15 is 0 Å². The van der Waals surface area contributed by atoms with Crippen LogP contribution in [0.3, 0.4) is 0 Å². The van der Waals surface area contributed by atoms with E-state index in [1.54, 1.807) is 0 Å². The highest BCUT2D eigenvalue weighted by Crippen LogP contribution is 2.19. The first-order valence-corrected chi connectivity index (χ1v) is 7.44. The second-order valence-corrected chi connectivity index (χ2v) is 5.59. The van der Waals surface area contributed by atoms with Crippen LogP contribution in [-0.4, -0.2) is 16.2 Å². The number of hydrogen-bond donors (Lipinski definition) is 1. The van der Waals surface area contributed by atoms with Gasteiger partial charge in [0.2, 0.25) is 11.7 Å². The van der Waals surface area contributed by atoms with Crippen LogP contribution in [0.25, 0.3) is 11.4 Å². The maximum atomic E-state index is 5.32. The topological polar surface area (TPSA) is 51.0 Å². The van der Waals surface area contributed by atoms with Crippen LogP contribution < -0.4 is 5.32 Å². The quantitative estimate of drug-likeness (QED) is 0.925. The molecule has 0 amide bonds. The van der Waals surface area contributed by atoms with Crippen molar-refractivity contribution in [3.63, 3.8) is 0 Å². The number of aryl methyl sites for hydroxylation is 1. The van der Waals surface area contributed by atoms with Gasteiger partial charge in [0.25, 0.3) is 0 Å². The maximum absolute atomic E-state index is 5.32. The fourth-order valence-corrected chi connectivity index (χ4v) is 2.68. The van der Waals surface area contributed by atoms with E-state index in [9.17, 15) is 0 Å². The summed E-state index contributed by atoms with van der Waals surface area (Å²) in [5.41, 5.74) is 2.24. The molecule has 4 nitrogen and oxygen atoms in total. The van der Waals surface area contributed by atoms with Crippen LogP contribution in [0.2, 0.25) is 0 Å². The van der Waals surface area contributed by atoms with Gasteiger partial charge in [-0.15, -0.1) is 0 Å². The summed E-state index contributed by atoms with van der Waals surface area (Å²) >= 11 is 0. The van der Waals surface area contributed by atoms with Gasteiger partial charge in [-0.3, -0.25) is 0 Å². The molecule has 106 valence electrons. The Hall–Kier alpha value is -1.68. The van der Waals surface area contributed by atoms with Crippen LogP contribution >= 0.6 is 0 Å². The Bertz CT molecular complexity index is 541. The van der Waals surface area contributed by atoms with Gasteiger partial charge in [-0.05, 0) is 19.8 Å². The molecule has 1 heterocycles. The fourth-order valence-electron chi connectivity index (χ4n) is 2.68. The normalized spacial score (nSPS) is 16.4. The van der Waals surface area contributed by atoms with Gasteiger partial charge in [0.15, 0.2) is 0 Å². The molecule has 0 bridgehead atoms. The van der Waals surface area contributed by atoms with Crippen molar-refractivity contribution in [3.05, 3.63) is 35.7 Å². The van der Waals surface area contributed by atoms with Crippen LogP contribution in [0, 0.1) is 6.92 Å². The number of nitrogens with zero attached hydrogens (tertiary/aromatic N) is 2. The monoisotopic (exact) mass is 271 g/mol.